The Balaban J connectivity index is 1.57. The summed E-state index contributed by atoms with van der Waals surface area (Å²) in [5, 5.41) is 1.90. The lowest BCUT2D eigenvalue weighted by Crippen LogP contribution is -2.50. The molecule has 0 unspecified atom stereocenters. The smallest absolute Gasteiger partial charge is 0.497 e. The summed E-state index contributed by atoms with van der Waals surface area (Å²) in [5.41, 5.74) is 2.95. The summed E-state index contributed by atoms with van der Waals surface area (Å²) in [6.07, 6.45) is 8.90. The molecule has 0 amide bonds. The predicted octanol–water partition coefficient (Wildman–Crippen LogP) is 5.38. The first-order valence-corrected chi connectivity index (χ1v) is 10.1. The van der Waals surface area contributed by atoms with Crippen molar-refractivity contribution in [3.05, 3.63) is 93.6 Å². The van der Waals surface area contributed by atoms with Gasteiger partial charge in [-0.2, -0.15) is 0 Å². The number of hydrogen-bond acceptors (Lipinski definition) is 2. The van der Waals surface area contributed by atoms with E-state index in [1.807, 2.05) is 47.9 Å². The number of aromatic nitrogens is 1. The Hall–Kier alpha value is -3.19. The van der Waals surface area contributed by atoms with E-state index in [2.05, 4.69) is 0 Å². The minimum absolute atomic E-state index is 0.466. The first-order chi connectivity index (χ1) is 14.1. The van der Waals surface area contributed by atoms with Crippen LogP contribution in [0.1, 0.15) is 21.8 Å². The number of hydrogen-bond donors (Lipinski definition) is 0. The maximum Gasteiger partial charge on any atom is 0.737 e. The van der Waals surface area contributed by atoms with Gasteiger partial charge in [-0.15, -0.1) is 11.3 Å². The standard InChI is InChI=1S/C22H17BF2N2OS/c1-28-20-11-5-16(6-12-20)4-7-17-8-9-18-15-19-10-13-21(22-3-2-14-29-22)27(19)23(24,25)26(17)18/h2-15H,1H3. The number of allylic oxidation sites excluding steroid dienone is 2. The molecule has 4 heterocycles. The van der Waals surface area contributed by atoms with Crippen LogP contribution in [0.5, 0.6) is 5.75 Å². The Bertz CT molecular complexity index is 1200. The van der Waals surface area contributed by atoms with Gasteiger partial charge in [-0.1, -0.05) is 24.3 Å². The van der Waals surface area contributed by atoms with E-state index >= 15 is 8.63 Å². The lowest BCUT2D eigenvalue weighted by atomic mass is 9.90. The second-order valence-corrected chi connectivity index (χ2v) is 7.83. The highest BCUT2D eigenvalue weighted by atomic mass is 32.1. The van der Waals surface area contributed by atoms with Crippen LogP contribution in [-0.2, 0) is 0 Å². The molecule has 3 nitrogen and oxygen atoms in total. The third kappa shape index (κ3) is 2.89. The van der Waals surface area contributed by atoms with E-state index in [-0.39, 0.29) is 0 Å². The zero-order chi connectivity index (χ0) is 20.0. The minimum atomic E-state index is -4.01. The molecule has 5 rings (SSSR count). The van der Waals surface area contributed by atoms with E-state index < -0.39 is 6.97 Å². The zero-order valence-electron chi connectivity index (χ0n) is 15.6. The molecule has 29 heavy (non-hydrogen) atoms. The van der Waals surface area contributed by atoms with E-state index in [1.165, 1.54) is 15.8 Å². The van der Waals surface area contributed by atoms with Crippen LogP contribution in [0.25, 0.3) is 18.2 Å². The molecule has 2 aromatic heterocycles. The molecule has 0 aliphatic carbocycles. The molecule has 0 radical (unpaired) electrons. The van der Waals surface area contributed by atoms with Gasteiger partial charge in [0.1, 0.15) is 5.75 Å². The first kappa shape index (κ1) is 17.9. The van der Waals surface area contributed by atoms with Gasteiger partial charge in [-0.3, -0.25) is 0 Å². The summed E-state index contributed by atoms with van der Waals surface area (Å²) in [4.78, 5) is 0.831. The fourth-order valence-electron chi connectivity index (χ4n) is 3.81. The Morgan fingerprint density at radius 1 is 1.03 bits per heavy atom. The van der Waals surface area contributed by atoms with Crippen LogP contribution in [0.2, 0.25) is 0 Å². The van der Waals surface area contributed by atoms with Gasteiger partial charge < -0.3 is 22.3 Å². The highest BCUT2D eigenvalue weighted by molar-refractivity contribution is 7.12. The summed E-state index contributed by atoms with van der Waals surface area (Å²) in [6, 6.07) is 14.7. The van der Waals surface area contributed by atoms with Crippen LogP contribution in [0, 0.1) is 0 Å². The zero-order valence-corrected chi connectivity index (χ0v) is 16.4. The van der Waals surface area contributed by atoms with Crippen LogP contribution in [0.15, 0.2) is 71.8 Å². The molecule has 3 aromatic rings. The number of ether oxygens (including phenoxy) is 1. The molecular weight excluding hydrogens is 389 g/mol. The Kier molecular flexibility index (Phi) is 4.13. The average Bonchev–Trinajstić information content (AvgIpc) is 3.46. The molecule has 0 fully saturated rings. The fraction of sp³-hybridized carbons (Fsp3) is 0.0455. The van der Waals surface area contributed by atoms with Gasteiger partial charge in [-0.05, 0) is 47.4 Å². The van der Waals surface area contributed by atoms with E-state index in [9.17, 15) is 0 Å². The summed E-state index contributed by atoms with van der Waals surface area (Å²) >= 11 is 1.46. The third-order valence-corrected chi connectivity index (χ3v) is 6.08. The molecule has 0 saturated carbocycles. The highest BCUT2D eigenvalue weighted by Crippen LogP contribution is 2.34. The molecule has 7 heteroatoms. The molecule has 2 aliphatic heterocycles. The van der Waals surface area contributed by atoms with Crippen LogP contribution in [-0.4, -0.2) is 28.8 Å². The topological polar surface area (TPSA) is 17.2 Å². The van der Waals surface area contributed by atoms with Gasteiger partial charge in [0.2, 0.25) is 0 Å². The Labute approximate surface area is 171 Å². The second kappa shape index (κ2) is 6.70. The predicted molar refractivity (Wildman–Crippen MR) is 116 cm³/mol. The number of halogens is 2. The molecule has 0 N–H and O–H groups in total. The maximum absolute atomic E-state index is 15.7. The van der Waals surface area contributed by atoms with Crippen molar-refractivity contribution >= 4 is 42.2 Å². The number of methoxy groups -OCH3 is 1. The Morgan fingerprint density at radius 2 is 1.86 bits per heavy atom. The number of nitrogens with zero attached hydrogens (tertiary/aromatic N) is 2. The van der Waals surface area contributed by atoms with Crippen molar-refractivity contribution in [3.63, 3.8) is 0 Å². The van der Waals surface area contributed by atoms with Crippen LogP contribution < -0.4 is 4.74 Å². The van der Waals surface area contributed by atoms with Gasteiger partial charge in [0.05, 0.1) is 12.0 Å². The minimum Gasteiger partial charge on any atom is -0.497 e. The number of benzene rings is 1. The molecule has 0 saturated heterocycles. The Morgan fingerprint density at radius 3 is 2.59 bits per heavy atom. The monoisotopic (exact) mass is 406 g/mol. The van der Waals surface area contributed by atoms with Gasteiger partial charge in [0.25, 0.3) is 0 Å². The SMILES string of the molecule is COc1ccc(C=Cc2ccc3n2[B-](F)(F)[N+]2=C(c4cccs4)C=CC2=C3)cc1. The lowest BCUT2D eigenvalue weighted by molar-refractivity contribution is -0.360. The highest BCUT2D eigenvalue weighted by Gasteiger charge is 2.52. The second-order valence-electron chi connectivity index (χ2n) is 6.88. The molecule has 0 bridgehead atoms. The van der Waals surface area contributed by atoms with Crippen molar-refractivity contribution in [1.29, 1.82) is 0 Å². The quantitative estimate of drug-likeness (QED) is 0.532. The lowest BCUT2D eigenvalue weighted by Gasteiger charge is -2.30. The molecular formula is C22H17BF2N2OS. The normalized spacial score (nSPS) is 16.9. The molecule has 1 aromatic carbocycles. The van der Waals surface area contributed by atoms with E-state index in [4.69, 9.17) is 4.74 Å². The van der Waals surface area contributed by atoms with Crippen molar-refractivity contribution < 1.29 is 17.9 Å². The van der Waals surface area contributed by atoms with E-state index in [1.54, 1.807) is 43.5 Å². The number of fused-ring (bicyclic) bond motifs is 2. The third-order valence-electron chi connectivity index (χ3n) is 5.18. The summed E-state index contributed by atoms with van der Waals surface area (Å²) in [5.74, 6) is 0.757. The molecule has 2 aliphatic rings. The van der Waals surface area contributed by atoms with Gasteiger partial charge in [0.15, 0.2) is 11.4 Å². The van der Waals surface area contributed by atoms with Crippen molar-refractivity contribution in [1.82, 2.24) is 4.48 Å². The average molecular weight is 406 g/mol. The van der Waals surface area contributed by atoms with E-state index in [0.29, 0.717) is 22.8 Å². The molecule has 0 spiro atoms. The van der Waals surface area contributed by atoms with Crippen molar-refractivity contribution in [2.24, 2.45) is 0 Å². The van der Waals surface area contributed by atoms with Crippen LogP contribution in [0.4, 0.5) is 8.63 Å². The molecule has 144 valence electrons. The number of rotatable bonds is 4. The summed E-state index contributed by atoms with van der Waals surface area (Å²) < 4.78 is 38.9. The van der Waals surface area contributed by atoms with Crippen molar-refractivity contribution in [2.45, 2.75) is 0 Å². The van der Waals surface area contributed by atoms with Crippen molar-refractivity contribution in [2.75, 3.05) is 7.11 Å². The van der Waals surface area contributed by atoms with Crippen LogP contribution >= 0.6 is 11.3 Å². The first-order valence-electron chi connectivity index (χ1n) is 9.24. The summed E-state index contributed by atoms with van der Waals surface area (Å²) in [7, 11) is 1.61. The summed E-state index contributed by atoms with van der Waals surface area (Å²) in [6.45, 7) is -4.01. The fourth-order valence-corrected chi connectivity index (χ4v) is 4.56. The van der Waals surface area contributed by atoms with Crippen LogP contribution in [0.3, 0.4) is 0 Å². The largest absolute Gasteiger partial charge is 0.737 e. The van der Waals surface area contributed by atoms with Crippen molar-refractivity contribution in [3.8, 4) is 5.75 Å². The number of thiophene rings is 1. The maximum atomic E-state index is 15.7. The van der Waals surface area contributed by atoms with Gasteiger partial charge in [-0.25, -0.2) is 0 Å². The molecule has 0 atom stereocenters. The van der Waals surface area contributed by atoms with Gasteiger partial charge >= 0.3 is 6.97 Å². The van der Waals surface area contributed by atoms with E-state index in [0.717, 1.165) is 20.7 Å². The van der Waals surface area contributed by atoms with Gasteiger partial charge in [0, 0.05) is 29.6 Å².